The number of hydrogen-bond acceptors (Lipinski definition) is 4. The van der Waals surface area contributed by atoms with Crippen molar-refractivity contribution in [3.8, 4) is 11.3 Å². The van der Waals surface area contributed by atoms with E-state index < -0.39 is 0 Å². The Kier molecular flexibility index (Phi) is 4.51. The zero-order chi connectivity index (χ0) is 17.2. The van der Waals surface area contributed by atoms with Crippen LogP contribution in [0.2, 0.25) is 5.02 Å². The predicted molar refractivity (Wildman–Crippen MR) is 99.8 cm³/mol. The van der Waals surface area contributed by atoms with Crippen molar-refractivity contribution in [3.05, 3.63) is 69.8 Å². The van der Waals surface area contributed by atoms with Crippen LogP contribution in [-0.4, -0.2) is 27.3 Å². The SMILES string of the molecule is O=C(c1nccs1)N1CCCC1c1ccc(-c2cccc(Cl)c2)nc1. The molecule has 1 aliphatic rings. The molecule has 126 valence electrons. The van der Waals surface area contributed by atoms with Gasteiger partial charge in [0.15, 0.2) is 5.01 Å². The van der Waals surface area contributed by atoms with Crippen molar-refractivity contribution in [1.29, 1.82) is 0 Å². The van der Waals surface area contributed by atoms with Gasteiger partial charge in [0, 0.05) is 34.9 Å². The van der Waals surface area contributed by atoms with Crippen molar-refractivity contribution in [2.24, 2.45) is 0 Å². The highest BCUT2D eigenvalue weighted by Gasteiger charge is 2.31. The summed E-state index contributed by atoms with van der Waals surface area (Å²) < 4.78 is 0. The van der Waals surface area contributed by atoms with Gasteiger partial charge in [-0.25, -0.2) is 4.98 Å². The minimum atomic E-state index is 0.0106. The molecule has 1 fully saturated rings. The van der Waals surface area contributed by atoms with Crippen LogP contribution in [0.4, 0.5) is 0 Å². The lowest BCUT2D eigenvalue weighted by molar-refractivity contribution is 0.0735. The smallest absolute Gasteiger partial charge is 0.283 e. The average Bonchev–Trinajstić information content (AvgIpc) is 3.33. The lowest BCUT2D eigenvalue weighted by Crippen LogP contribution is -2.30. The molecule has 0 N–H and O–H groups in total. The Balaban J connectivity index is 1.58. The number of halogens is 1. The number of hydrogen-bond donors (Lipinski definition) is 0. The highest BCUT2D eigenvalue weighted by Crippen LogP contribution is 2.33. The molecular weight excluding hydrogens is 354 g/mol. The van der Waals surface area contributed by atoms with Crippen LogP contribution in [-0.2, 0) is 0 Å². The molecule has 3 aromatic rings. The molecule has 1 aliphatic heterocycles. The number of likely N-dealkylation sites (tertiary alicyclic amines) is 1. The molecule has 4 nitrogen and oxygen atoms in total. The zero-order valence-electron chi connectivity index (χ0n) is 13.4. The van der Waals surface area contributed by atoms with Crippen LogP contribution >= 0.6 is 22.9 Å². The zero-order valence-corrected chi connectivity index (χ0v) is 15.0. The Morgan fingerprint density at radius 2 is 2.16 bits per heavy atom. The minimum Gasteiger partial charge on any atom is -0.329 e. The van der Waals surface area contributed by atoms with E-state index in [1.54, 1.807) is 6.20 Å². The Bertz CT molecular complexity index is 880. The number of benzene rings is 1. The van der Waals surface area contributed by atoms with E-state index in [2.05, 4.69) is 16.0 Å². The van der Waals surface area contributed by atoms with Crippen LogP contribution in [0.3, 0.4) is 0 Å². The van der Waals surface area contributed by atoms with Gasteiger partial charge in [-0.1, -0.05) is 29.8 Å². The third-order valence-corrected chi connectivity index (χ3v) is 5.42. The summed E-state index contributed by atoms with van der Waals surface area (Å²) in [5.41, 5.74) is 2.93. The molecule has 6 heteroatoms. The maximum atomic E-state index is 12.7. The Hall–Kier alpha value is -2.24. The van der Waals surface area contributed by atoms with E-state index in [1.165, 1.54) is 11.3 Å². The van der Waals surface area contributed by atoms with Crippen LogP contribution < -0.4 is 0 Å². The standard InChI is InChI=1S/C19H16ClN3OS/c20-15-4-1-3-13(11-15)16-7-6-14(12-22-16)17-5-2-9-23(17)19(24)18-21-8-10-25-18/h1,3-4,6-8,10-12,17H,2,5,9H2. The molecular formula is C19H16ClN3OS. The third kappa shape index (κ3) is 3.30. The van der Waals surface area contributed by atoms with E-state index in [4.69, 9.17) is 11.6 Å². The summed E-state index contributed by atoms with van der Waals surface area (Å²) in [6.07, 6.45) is 5.49. The first-order valence-electron chi connectivity index (χ1n) is 8.15. The monoisotopic (exact) mass is 369 g/mol. The molecule has 1 aromatic carbocycles. The number of aromatic nitrogens is 2. The van der Waals surface area contributed by atoms with E-state index in [0.29, 0.717) is 10.0 Å². The van der Waals surface area contributed by atoms with Gasteiger partial charge in [-0.3, -0.25) is 9.78 Å². The maximum absolute atomic E-state index is 12.7. The number of amides is 1. The normalized spacial score (nSPS) is 17.0. The molecule has 1 amide bonds. The fourth-order valence-electron chi connectivity index (χ4n) is 3.23. The van der Waals surface area contributed by atoms with E-state index in [0.717, 1.165) is 36.2 Å². The second-order valence-electron chi connectivity index (χ2n) is 5.98. The second kappa shape index (κ2) is 6.94. The molecule has 1 atom stereocenters. The lowest BCUT2D eigenvalue weighted by atomic mass is 10.0. The lowest BCUT2D eigenvalue weighted by Gasteiger charge is -2.24. The van der Waals surface area contributed by atoms with E-state index in [-0.39, 0.29) is 11.9 Å². The first-order valence-corrected chi connectivity index (χ1v) is 9.40. The van der Waals surface area contributed by atoms with Crippen LogP contribution in [0.15, 0.2) is 54.2 Å². The van der Waals surface area contributed by atoms with Gasteiger partial charge in [0.25, 0.3) is 5.91 Å². The van der Waals surface area contributed by atoms with Gasteiger partial charge in [0.1, 0.15) is 0 Å². The number of rotatable bonds is 3. The van der Waals surface area contributed by atoms with Crippen LogP contribution in [0.5, 0.6) is 0 Å². The minimum absolute atomic E-state index is 0.0106. The van der Waals surface area contributed by atoms with Crippen LogP contribution in [0.25, 0.3) is 11.3 Å². The fourth-order valence-corrected chi connectivity index (χ4v) is 4.01. The van der Waals surface area contributed by atoms with Crippen molar-refractivity contribution in [1.82, 2.24) is 14.9 Å². The Labute approximate surface area is 155 Å². The summed E-state index contributed by atoms with van der Waals surface area (Å²) in [4.78, 5) is 23.3. The quantitative estimate of drug-likeness (QED) is 0.663. The van der Waals surface area contributed by atoms with Crippen LogP contribution in [0.1, 0.15) is 34.2 Å². The Morgan fingerprint density at radius 3 is 2.88 bits per heavy atom. The summed E-state index contributed by atoms with van der Waals surface area (Å²) in [7, 11) is 0. The molecule has 0 saturated carbocycles. The largest absolute Gasteiger partial charge is 0.329 e. The van der Waals surface area contributed by atoms with Crippen molar-refractivity contribution >= 4 is 28.8 Å². The van der Waals surface area contributed by atoms with Crippen LogP contribution in [0, 0.1) is 0 Å². The van der Waals surface area contributed by atoms with Crippen molar-refractivity contribution < 1.29 is 4.79 Å². The molecule has 3 heterocycles. The number of carbonyl (C=O) groups is 1. The van der Waals surface area contributed by atoms with Gasteiger partial charge in [0.05, 0.1) is 11.7 Å². The van der Waals surface area contributed by atoms with Crippen molar-refractivity contribution in [3.63, 3.8) is 0 Å². The molecule has 4 rings (SSSR count). The summed E-state index contributed by atoms with van der Waals surface area (Å²) >= 11 is 7.44. The molecule has 2 aromatic heterocycles. The molecule has 0 aliphatic carbocycles. The van der Waals surface area contributed by atoms with Gasteiger partial charge in [0.2, 0.25) is 0 Å². The summed E-state index contributed by atoms with van der Waals surface area (Å²) in [6, 6.07) is 11.8. The molecule has 1 unspecified atom stereocenters. The van der Waals surface area contributed by atoms with Crippen molar-refractivity contribution in [2.45, 2.75) is 18.9 Å². The fraction of sp³-hybridized carbons (Fsp3) is 0.211. The van der Waals surface area contributed by atoms with Crippen molar-refractivity contribution in [2.75, 3.05) is 6.54 Å². The first kappa shape index (κ1) is 16.2. The van der Waals surface area contributed by atoms with Gasteiger partial charge >= 0.3 is 0 Å². The maximum Gasteiger partial charge on any atom is 0.283 e. The van der Waals surface area contributed by atoms with Gasteiger partial charge in [-0.15, -0.1) is 11.3 Å². The topological polar surface area (TPSA) is 46.1 Å². The number of carbonyl (C=O) groups excluding carboxylic acids is 1. The second-order valence-corrected chi connectivity index (χ2v) is 7.31. The third-order valence-electron chi connectivity index (χ3n) is 4.42. The van der Waals surface area contributed by atoms with Gasteiger partial charge in [-0.05, 0) is 36.6 Å². The average molecular weight is 370 g/mol. The molecule has 0 spiro atoms. The van der Waals surface area contributed by atoms with Gasteiger partial charge < -0.3 is 4.90 Å². The van der Waals surface area contributed by atoms with Gasteiger partial charge in [-0.2, -0.15) is 0 Å². The number of nitrogens with zero attached hydrogens (tertiary/aromatic N) is 3. The summed E-state index contributed by atoms with van der Waals surface area (Å²) in [5.74, 6) is 0.0106. The Morgan fingerprint density at radius 1 is 1.24 bits per heavy atom. The summed E-state index contributed by atoms with van der Waals surface area (Å²) in [6.45, 7) is 0.763. The first-order chi connectivity index (χ1) is 12.2. The number of thiazole rings is 1. The highest BCUT2D eigenvalue weighted by molar-refractivity contribution is 7.11. The van der Waals surface area contributed by atoms with E-state index in [9.17, 15) is 4.79 Å². The van der Waals surface area contributed by atoms with E-state index in [1.807, 2.05) is 46.8 Å². The molecule has 1 saturated heterocycles. The van der Waals surface area contributed by atoms with E-state index >= 15 is 0 Å². The molecule has 0 bridgehead atoms. The predicted octanol–water partition coefficient (Wildman–Crippen LogP) is 4.84. The highest BCUT2D eigenvalue weighted by atomic mass is 35.5. The molecule has 0 radical (unpaired) electrons. The summed E-state index contributed by atoms with van der Waals surface area (Å²) in [5, 5.41) is 3.08. The molecule has 25 heavy (non-hydrogen) atoms. The number of pyridine rings is 1.